The van der Waals surface area contributed by atoms with Gasteiger partial charge in [-0.05, 0) is 49.2 Å². The maximum absolute atomic E-state index is 13.7. The molecule has 0 fully saturated rings. The molecule has 1 aromatic carbocycles. The molecule has 1 aromatic heterocycles. The first-order chi connectivity index (χ1) is 9.61. The molecular weight excluding hydrogens is 258 g/mol. The van der Waals surface area contributed by atoms with Crippen LogP contribution in [0, 0.1) is 18.6 Å². The van der Waals surface area contributed by atoms with Crippen molar-refractivity contribution in [2.45, 2.75) is 26.3 Å². The number of aryl methyl sites for hydroxylation is 1. The van der Waals surface area contributed by atoms with Crippen LogP contribution in [0.1, 0.15) is 36.2 Å². The van der Waals surface area contributed by atoms with Gasteiger partial charge in [-0.1, -0.05) is 19.1 Å². The highest BCUT2D eigenvalue weighted by atomic mass is 19.1. The molecule has 0 amide bonds. The van der Waals surface area contributed by atoms with E-state index < -0.39 is 0 Å². The fourth-order valence-electron chi connectivity index (χ4n) is 2.03. The van der Waals surface area contributed by atoms with E-state index in [0.29, 0.717) is 11.3 Å². The van der Waals surface area contributed by atoms with E-state index >= 15 is 0 Å². The lowest BCUT2D eigenvalue weighted by Gasteiger charge is -2.19. The Morgan fingerprint density at radius 1 is 1.20 bits per heavy atom. The summed E-state index contributed by atoms with van der Waals surface area (Å²) in [6.45, 7) is 4.56. The van der Waals surface area contributed by atoms with Gasteiger partial charge < -0.3 is 5.32 Å². The molecule has 0 aliphatic rings. The second kappa shape index (κ2) is 6.57. The Hall–Kier alpha value is -1.81. The van der Waals surface area contributed by atoms with Gasteiger partial charge in [0.25, 0.3) is 0 Å². The number of nitrogens with zero attached hydrogens (tertiary/aromatic N) is 1. The summed E-state index contributed by atoms with van der Waals surface area (Å²) in [6, 6.07) is 7.89. The average Bonchev–Trinajstić information content (AvgIpc) is 2.45. The van der Waals surface area contributed by atoms with Gasteiger partial charge in [0.2, 0.25) is 0 Å². The normalized spacial score (nSPS) is 12.4. The largest absolute Gasteiger partial charge is 0.305 e. The van der Waals surface area contributed by atoms with Crippen molar-refractivity contribution >= 4 is 0 Å². The maximum atomic E-state index is 13.7. The Kier molecular flexibility index (Phi) is 4.79. The molecule has 4 heteroatoms. The van der Waals surface area contributed by atoms with Crippen LogP contribution >= 0.6 is 0 Å². The van der Waals surface area contributed by atoms with Crippen molar-refractivity contribution < 1.29 is 8.78 Å². The Bertz CT molecular complexity index is 567. The van der Waals surface area contributed by atoms with E-state index in [-0.39, 0.29) is 17.7 Å². The summed E-state index contributed by atoms with van der Waals surface area (Å²) in [5.74, 6) is -0.619. The first-order valence-electron chi connectivity index (χ1n) is 6.72. The van der Waals surface area contributed by atoms with Gasteiger partial charge in [0.05, 0.1) is 17.9 Å². The number of rotatable bonds is 5. The van der Waals surface area contributed by atoms with E-state index in [1.54, 1.807) is 19.1 Å². The van der Waals surface area contributed by atoms with Crippen molar-refractivity contribution in [2.75, 3.05) is 6.54 Å². The first-order valence-corrected chi connectivity index (χ1v) is 6.72. The molecule has 2 rings (SSSR count). The monoisotopic (exact) mass is 276 g/mol. The van der Waals surface area contributed by atoms with E-state index in [4.69, 9.17) is 0 Å². The minimum atomic E-state index is -0.377. The first kappa shape index (κ1) is 14.6. The lowest BCUT2D eigenvalue weighted by Crippen LogP contribution is -2.24. The van der Waals surface area contributed by atoms with Crippen molar-refractivity contribution in [3.8, 4) is 0 Å². The fraction of sp³-hybridized carbons (Fsp3) is 0.312. The molecule has 20 heavy (non-hydrogen) atoms. The van der Waals surface area contributed by atoms with Gasteiger partial charge in [-0.3, -0.25) is 4.98 Å². The predicted octanol–water partition coefficient (Wildman–Crippen LogP) is 3.76. The van der Waals surface area contributed by atoms with Gasteiger partial charge in [0.15, 0.2) is 0 Å². The van der Waals surface area contributed by atoms with Crippen molar-refractivity contribution in [2.24, 2.45) is 0 Å². The zero-order valence-electron chi connectivity index (χ0n) is 11.7. The van der Waals surface area contributed by atoms with Gasteiger partial charge in [-0.2, -0.15) is 0 Å². The number of aromatic nitrogens is 1. The second-order valence-electron chi connectivity index (χ2n) is 4.80. The van der Waals surface area contributed by atoms with Crippen molar-refractivity contribution in [1.82, 2.24) is 10.3 Å². The quantitative estimate of drug-likeness (QED) is 0.899. The topological polar surface area (TPSA) is 24.9 Å². The van der Waals surface area contributed by atoms with Crippen LogP contribution in [0.25, 0.3) is 0 Å². The van der Waals surface area contributed by atoms with Crippen LogP contribution in [0.3, 0.4) is 0 Å². The highest BCUT2D eigenvalue weighted by molar-refractivity contribution is 5.31. The summed E-state index contributed by atoms with van der Waals surface area (Å²) in [5, 5.41) is 3.32. The van der Waals surface area contributed by atoms with Gasteiger partial charge in [-0.15, -0.1) is 0 Å². The molecule has 0 saturated carbocycles. The molecule has 0 aliphatic carbocycles. The SMILES string of the molecule is CCCNC(c1ccc(C)c(F)c1)c1ccc(F)cn1. The van der Waals surface area contributed by atoms with Crippen LogP contribution in [0.2, 0.25) is 0 Å². The van der Waals surface area contributed by atoms with Gasteiger partial charge >= 0.3 is 0 Å². The molecule has 0 bridgehead atoms. The number of hydrogen-bond donors (Lipinski definition) is 1. The van der Waals surface area contributed by atoms with Gasteiger partial charge in [0, 0.05) is 0 Å². The van der Waals surface area contributed by atoms with E-state index in [9.17, 15) is 8.78 Å². The molecule has 0 saturated heterocycles. The van der Waals surface area contributed by atoms with E-state index in [1.807, 2.05) is 6.07 Å². The smallest absolute Gasteiger partial charge is 0.141 e. The Morgan fingerprint density at radius 3 is 2.60 bits per heavy atom. The second-order valence-corrected chi connectivity index (χ2v) is 4.80. The van der Waals surface area contributed by atoms with Crippen LogP contribution in [0.5, 0.6) is 0 Å². The standard InChI is InChI=1S/C16H18F2N2/c1-3-8-19-16(15-7-6-13(17)10-20-15)12-5-4-11(2)14(18)9-12/h4-7,9-10,16,19H,3,8H2,1-2H3. The summed E-state index contributed by atoms with van der Waals surface area (Å²) in [7, 11) is 0. The van der Waals surface area contributed by atoms with E-state index in [1.165, 1.54) is 18.3 Å². The summed E-state index contributed by atoms with van der Waals surface area (Å²) in [4.78, 5) is 4.10. The number of benzene rings is 1. The molecule has 0 radical (unpaired) electrons. The van der Waals surface area contributed by atoms with E-state index in [0.717, 1.165) is 18.5 Å². The minimum absolute atomic E-state index is 0.231. The van der Waals surface area contributed by atoms with Gasteiger partial charge in [0.1, 0.15) is 11.6 Å². The lowest BCUT2D eigenvalue weighted by molar-refractivity contribution is 0.567. The molecule has 2 aromatic rings. The van der Waals surface area contributed by atoms with Crippen LogP contribution in [-0.2, 0) is 0 Å². The number of pyridine rings is 1. The molecular formula is C16H18F2N2. The summed E-state index contributed by atoms with van der Waals surface area (Å²) in [6.07, 6.45) is 2.13. The molecule has 0 aliphatic heterocycles. The molecule has 0 spiro atoms. The van der Waals surface area contributed by atoms with Crippen LogP contribution < -0.4 is 5.32 Å². The van der Waals surface area contributed by atoms with Crippen LogP contribution in [-0.4, -0.2) is 11.5 Å². The maximum Gasteiger partial charge on any atom is 0.141 e. The Labute approximate surface area is 117 Å². The molecule has 1 N–H and O–H groups in total. The summed E-state index contributed by atoms with van der Waals surface area (Å²) < 4.78 is 26.7. The van der Waals surface area contributed by atoms with Crippen LogP contribution in [0.15, 0.2) is 36.5 Å². The van der Waals surface area contributed by atoms with Gasteiger partial charge in [-0.25, -0.2) is 8.78 Å². The zero-order chi connectivity index (χ0) is 14.5. The highest BCUT2D eigenvalue weighted by Crippen LogP contribution is 2.22. The molecule has 1 atom stereocenters. The van der Waals surface area contributed by atoms with E-state index in [2.05, 4.69) is 17.2 Å². The van der Waals surface area contributed by atoms with Crippen LogP contribution in [0.4, 0.5) is 8.78 Å². The molecule has 2 nitrogen and oxygen atoms in total. The molecule has 1 heterocycles. The average molecular weight is 276 g/mol. The molecule has 1 unspecified atom stereocenters. The zero-order valence-corrected chi connectivity index (χ0v) is 11.7. The van der Waals surface area contributed by atoms with Crippen molar-refractivity contribution in [3.05, 3.63) is 65.0 Å². The number of halogens is 2. The summed E-state index contributed by atoms with van der Waals surface area (Å²) >= 11 is 0. The Balaban J connectivity index is 2.35. The fourth-order valence-corrected chi connectivity index (χ4v) is 2.03. The van der Waals surface area contributed by atoms with Crippen molar-refractivity contribution in [1.29, 1.82) is 0 Å². The molecule has 106 valence electrons. The summed E-state index contributed by atoms with van der Waals surface area (Å²) in [5.41, 5.74) is 2.08. The van der Waals surface area contributed by atoms with Crippen molar-refractivity contribution in [3.63, 3.8) is 0 Å². The minimum Gasteiger partial charge on any atom is -0.305 e. The third kappa shape index (κ3) is 3.39. The highest BCUT2D eigenvalue weighted by Gasteiger charge is 2.16. The lowest BCUT2D eigenvalue weighted by atomic mass is 10.0. The number of hydrogen-bond acceptors (Lipinski definition) is 2. The third-order valence-electron chi connectivity index (χ3n) is 3.17. The Morgan fingerprint density at radius 2 is 2.00 bits per heavy atom. The predicted molar refractivity (Wildman–Crippen MR) is 75.5 cm³/mol. The number of nitrogens with one attached hydrogen (secondary N) is 1. The third-order valence-corrected chi connectivity index (χ3v) is 3.17.